The Kier molecular flexibility index (Phi) is 6.93. The quantitative estimate of drug-likeness (QED) is 0.527. The second-order valence-corrected chi connectivity index (χ2v) is 8.59. The minimum Gasteiger partial charge on any atom is -0.465 e. The molecule has 0 aliphatic heterocycles. The van der Waals surface area contributed by atoms with Crippen molar-refractivity contribution >= 4 is 11.9 Å². The van der Waals surface area contributed by atoms with Crippen LogP contribution < -0.4 is 10.1 Å². The number of carbonyl (C=O) groups is 2. The summed E-state index contributed by atoms with van der Waals surface area (Å²) in [5.74, 6) is -0.391. The van der Waals surface area contributed by atoms with Crippen molar-refractivity contribution in [3.8, 4) is 5.75 Å². The predicted octanol–water partition coefficient (Wildman–Crippen LogP) is 4.57. The van der Waals surface area contributed by atoms with Crippen LogP contribution in [0.3, 0.4) is 0 Å². The largest absolute Gasteiger partial charge is 0.465 e. The first-order chi connectivity index (χ1) is 15.9. The Morgan fingerprint density at radius 2 is 1.85 bits per heavy atom. The Morgan fingerprint density at radius 3 is 2.42 bits per heavy atom. The minimum atomic E-state index is -2.90. The highest BCUT2D eigenvalue weighted by Gasteiger charge is 2.47. The van der Waals surface area contributed by atoms with Crippen LogP contribution in [0, 0.1) is 5.92 Å². The van der Waals surface area contributed by atoms with Crippen LogP contribution in [-0.4, -0.2) is 31.7 Å². The van der Waals surface area contributed by atoms with Crippen molar-refractivity contribution < 1.29 is 32.6 Å². The molecular formula is C25H27F2NO5. The molecule has 0 saturated heterocycles. The number of benzene rings is 2. The Bertz CT molecular complexity index is 987. The van der Waals surface area contributed by atoms with E-state index in [-0.39, 0.29) is 24.2 Å². The van der Waals surface area contributed by atoms with Crippen LogP contribution in [-0.2, 0) is 26.4 Å². The molecule has 2 aliphatic rings. The third-order valence-electron chi connectivity index (χ3n) is 6.36. The number of halogens is 2. The topological polar surface area (TPSA) is 73.9 Å². The van der Waals surface area contributed by atoms with Gasteiger partial charge < -0.3 is 19.5 Å². The molecule has 1 amide bonds. The highest BCUT2D eigenvalue weighted by Crippen LogP contribution is 2.46. The second-order valence-electron chi connectivity index (χ2n) is 8.59. The maximum absolute atomic E-state index is 13.2. The maximum atomic E-state index is 13.2. The molecule has 0 bridgehead atoms. The molecule has 2 aliphatic carbocycles. The van der Waals surface area contributed by atoms with Crippen molar-refractivity contribution in [3.63, 3.8) is 0 Å². The summed E-state index contributed by atoms with van der Waals surface area (Å²) >= 11 is 0. The van der Waals surface area contributed by atoms with Gasteiger partial charge in [-0.05, 0) is 67.0 Å². The molecule has 176 valence electrons. The number of methoxy groups -OCH3 is 1. The standard InChI is InChI=1S/C25H27F2NO5/c1-31-23(30)18-8-10-19(11-9-18)25(12-13-25)28-22(29)21(17-5-3-6-17)32-15-16-4-2-7-20(14-16)33-24(26)27/h2,4,7-11,14,17,21,24H,3,5-6,12-13,15H2,1H3,(H,28,29)/t21-/m1/s1. The number of alkyl halides is 2. The van der Waals surface area contributed by atoms with Gasteiger partial charge >= 0.3 is 12.6 Å². The number of nitrogens with one attached hydrogen (secondary N) is 1. The van der Waals surface area contributed by atoms with Gasteiger partial charge in [0.25, 0.3) is 0 Å². The molecule has 4 rings (SSSR count). The van der Waals surface area contributed by atoms with Gasteiger partial charge in [0.15, 0.2) is 0 Å². The fourth-order valence-electron chi connectivity index (χ4n) is 4.13. The van der Waals surface area contributed by atoms with Crippen molar-refractivity contribution in [3.05, 3.63) is 65.2 Å². The highest BCUT2D eigenvalue weighted by atomic mass is 19.3. The van der Waals surface area contributed by atoms with E-state index in [2.05, 4.69) is 10.1 Å². The molecule has 2 aromatic carbocycles. The SMILES string of the molecule is COC(=O)c1ccc(C2(NC(=O)[C@H](OCc3cccc(OC(F)F)c3)C3CCC3)CC2)cc1. The van der Waals surface area contributed by atoms with Gasteiger partial charge in [0.1, 0.15) is 11.9 Å². The zero-order chi connectivity index (χ0) is 23.4. The number of hydrogen-bond acceptors (Lipinski definition) is 5. The normalized spacial score (nSPS) is 17.7. The van der Waals surface area contributed by atoms with Crippen LogP contribution in [0.2, 0.25) is 0 Å². The summed E-state index contributed by atoms with van der Waals surface area (Å²) in [5, 5.41) is 3.17. The van der Waals surface area contributed by atoms with E-state index in [1.54, 1.807) is 24.3 Å². The van der Waals surface area contributed by atoms with E-state index < -0.39 is 24.2 Å². The summed E-state index contributed by atoms with van der Waals surface area (Å²) in [6.45, 7) is -2.78. The summed E-state index contributed by atoms with van der Waals surface area (Å²) in [5.41, 5.74) is 1.59. The highest BCUT2D eigenvalue weighted by molar-refractivity contribution is 5.89. The summed E-state index contributed by atoms with van der Waals surface area (Å²) in [4.78, 5) is 24.9. The first-order valence-electron chi connectivity index (χ1n) is 11.1. The summed E-state index contributed by atoms with van der Waals surface area (Å²) in [6.07, 6.45) is 3.86. The predicted molar refractivity (Wildman–Crippen MR) is 116 cm³/mol. The van der Waals surface area contributed by atoms with Gasteiger partial charge in [0.05, 0.1) is 24.8 Å². The average molecular weight is 459 g/mol. The van der Waals surface area contributed by atoms with Crippen molar-refractivity contribution in [1.29, 1.82) is 0 Å². The maximum Gasteiger partial charge on any atom is 0.387 e. The van der Waals surface area contributed by atoms with Crippen LogP contribution >= 0.6 is 0 Å². The Labute approximate surface area is 191 Å². The van der Waals surface area contributed by atoms with Crippen LogP contribution in [0.25, 0.3) is 0 Å². The number of ether oxygens (including phenoxy) is 3. The summed E-state index contributed by atoms with van der Waals surface area (Å²) < 4.78 is 40.2. The molecule has 6 nitrogen and oxygen atoms in total. The molecule has 0 heterocycles. The fraction of sp³-hybridized carbons (Fsp3) is 0.440. The second kappa shape index (κ2) is 9.87. The first-order valence-corrected chi connectivity index (χ1v) is 11.1. The van der Waals surface area contributed by atoms with E-state index in [0.29, 0.717) is 11.1 Å². The lowest BCUT2D eigenvalue weighted by Gasteiger charge is -2.34. The van der Waals surface area contributed by atoms with Crippen molar-refractivity contribution in [2.24, 2.45) is 5.92 Å². The zero-order valence-corrected chi connectivity index (χ0v) is 18.4. The third-order valence-corrected chi connectivity index (χ3v) is 6.36. The first kappa shape index (κ1) is 23.2. The lowest BCUT2D eigenvalue weighted by Crippen LogP contribution is -2.47. The van der Waals surface area contributed by atoms with Gasteiger partial charge in [-0.25, -0.2) is 4.79 Å². The van der Waals surface area contributed by atoms with Gasteiger partial charge in [0.2, 0.25) is 5.91 Å². The van der Waals surface area contributed by atoms with Crippen LogP contribution in [0.1, 0.15) is 53.6 Å². The van der Waals surface area contributed by atoms with Crippen molar-refractivity contribution in [2.45, 2.75) is 57.0 Å². The Morgan fingerprint density at radius 1 is 1.12 bits per heavy atom. The molecule has 2 aromatic rings. The van der Waals surface area contributed by atoms with Crippen LogP contribution in [0.4, 0.5) is 8.78 Å². The monoisotopic (exact) mass is 459 g/mol. The van der Waals surface area contributed by atoms with Gasteiger partial charge in [-0.15, -0.1) is 0 Å². The molecule has 1 N–H and O–H groups in total. The van der Waals surface area contributed by atoms with E-state index in [1.165, 1.54) is 19.2 Å². The van der Waals surface area contributed by atoms with Crippen LogP contribution in [0.5, 0.6) is 5.75 Å². The number of carbonyl (C=O) groups excluding carboxylic acids is 2. The van der Waals surface area contributed by atoms with E-state index in [0.717, 1.165) is 37.7 Å². The molecule has 0 spiro atoms. The van der Waals surface area contributed by atoms with E-state index in [4.69, 9.17) is 9.47 Å². The van der Waals surface area contributed by atoms with Crippen molar-refractivity contribution in [1.82, 2.24) is 5.32 Å². The lowest BCUT2D eigenvalue weighted by molar-refractivity contribution is -0.141. The Hall–Kier alpha value is -3.00. The molecule has 8 heteroatoms. The van der Waals surface area contributed by atoms with Crippen LogP contribution in [0.15, 0.2) is 48.5 Å². The van der Waals surface area contributed by atoms with E-state index in [9.17, 15) is 18.4 Å². The molecule has 1 atom stereocenters. The smallest absolute Gasteiger partial charge is 0.387 e. The van der Waals surface area contributed by atoms with E-state index >= 15 is 0 Å². The zero-order valence-electron chi connectivity index (χ0n) is 18.4. The molecule has 2 saturated carbocycles. The minimum absolute atomic E-state index is 0.0584. The molecule has 0 unspecified atom stereocenters. The lowest BCUT2D eigenvalue weighted by atomic mass is 9.80. The number of hydrogen-bond donors (Lipinski definition) is 1. The third kappa shape index (κ3) is 5.50. The number of amides is 1. The molecular weight excluding hydrogens is 432 g/mol. The summed E-state index contributed by atoms with van der Waals surface area (Å²) in [7, 11) is 1.33. The number of esters is 1. The van der Waals surface area contributed by atoms with Gasteiger partial charge in [-0.1, -0.05) is 30.7 Å². The Balaban J connectivity index is 1.41. The summed E-state index contributed by atoms with van der Waals surface area (Å²) in [6, 6.07) is 13.4. The number of rotatable bonds is 10. The van der Waals surface area contributed by atoms with Gasteiger partial charge in [-0.2, -0.15) is 8.78 Å². The van der Waals surface area contributed by atoms with Gasteiger partial charge in [-0.3, -0.25) is 4.79 Å². The van der Waals surface area contributed by atoms with E-state index in [1.807, 2.05) is 12.1 Å². The molecule has 33 heavy (non-hydrogen) atoms. The average Bonchev–Trinajstić information content (AvgIpc) is 3.55. The van der Waals surface area contributed by atoms with Gasteiger partial charge in [0, 0.05) is 0 Å². The molecule has 0 radical (unpaired) electrons. The fourth-order valence-corrected chi connectivity index (χ4v) is 4.13. The van der Waals surface area contributed by atoms with Crippen molar-refractivity contribution in [2.75, 3.05) is 7.11 Å². The molecule has 0 aromatic heterocycles. The molecule has 2 fully saturated rings.